The Morgan fingerprint density at radius 2 is 2.32 bits per heavy atom. The summed E-state index contributed by atoms with van der Waals surface area (Å²) in [6.07, 6.45) is 4.65. The summed E-state index contributed by atoms with van der Waals surface area (Å²) in [4.78, 5) is 11.7. The number of hydrogen-bond acceptors (Lipinski definition) is 3. The van der Waals surface area contributed by atoms with Crippen LogP contribution in [-0.4, -0.2) is 27.8 Å². The number of nitrogens with zero attached hydrogens (tertiary/aromatic N) is 2. The van der Waals surface area contributed by atoms with E-state index in [0.717, 1.165) is 19.3 Å². The van der Waals surface area contributed by atoms with E-state index in [0.29, 0.717) is 12.0 Å². The van der Waals surface area contributed by atoms with Gasteiger partial charge < -0.3 is 11.1 Å². The van der Waals surface area contributed by atoms with Crippen molar-refractivity contribution >= 4 is 5.91 Å². The van der Waals surface area contributed by atoms with Crippen LogP contribution in [-0.2, 0) is 18.3 Å². The average Bonchev–Trinajstić information content (AvgIpc) is 2.70. The van der Waals surface area contributed by atoms with Crippen molar-refractivity contribution in [3.63, 3.8) is 0 Å². The number of piperidine rings is 1. The molecule has 2 rings (SSSR count). The molecular weight excluding hydrogens is 240 g/mol. The van der Waals surface area contributed by atoms with Gasteiger partial charge in [0.2, 0.25) is 5.91 Å². The van der Waals surface area contributed by atoms with Crippen LogP contribution in [0.3, 0.4) is 0 Å². The maximum Gasteiger partial charge on any atom is 0.222 e. The van der Waals surface area contributed by atoms with Crippen molar-refractivity contribution in [2.24, 2.45) is 24.6 Å². The van der Waals surface area contributed by atoms with Gasteiger partial charge in [-0.2, -0.15) is 5.10 Å². The molecule has 0 bridgehead atoms. The molecule has 1 saturated heterocycles. The highest BCUT2D eigenvalue weighted by atomic mass is 16.1. The molecule has 0 aliphatic carbocycles. The Morgan fingerprint density at radius 3 is 2.89 bits per heavy atom. The number of aryl methyl sites for hydroxylation is 2. The number of nitrogens with two attached hydrogens (primary N) is 1. The highest BCUT2D eigenvalue weighted by molar-refractivity contribution is 5.77. The Kier molecular flexibility index (Phi) is 4.24. The predicted molar refractivity (Wildman–Crippen MR) is 74.4 cm³/mol. The summed E-state index contributed by atoms with van der Waals surface area (Å²) >= 11 is 0. The fourth-order valence-electron chi connectivity index (χ4n) is 3.33. The first kappa shape index (κ1) is 14.1. The number of hydrogen-bond donors (Lipinski definition) is 2. The molecule has 0 aromatic carbocycles. The largest absolute Gasteiger partial charge is 0.369 e. The summed E-state index contributed by atoms with van der Waals surface area (Å²) in [6.45, 7) is 4.30. The van der Waals surface area contributed by atoms with E-state index in [2.05, 4.69) is 24.3 Å². The third-order valence-corrected chi connectivity index (χ3v) is 4.23. The second kappa shape index (κ2) is 5.74. The highest BCUT2D eigenvalue weighted by Gasteiger charge is 2.36. The van der Waals surface area contributed by atoms with Crippen molar-refractivity contribution in [3.05, 3.63) is 18.0 Å². The van der Waals surface area contributed by atoms with E-state index in [-0.39, 0.29) is 17.9 Å². The van der Waals surface area contributed by atoms with Crippen LogP contribution in [0.2, 0.25) is 0 Å². The molecule has 1 aliphatic heterocycles. The molecule has 0 spiro atoms. The molecule has 1 aromatic heterocycles. The van der Waals surface area contributed by atoms with E-state index in [4.69, 9.17) is 5.73 Å². The lowest BCUT2D eigenvalue weighted by Gasteiger charge is -2.39. The van der Waals surface area contributed by atoms with Gasteiger partial charge in [0, 0.05) is 31.0 Å². The van der Waals surface area contributed by atoms with Gasteiger partial charge in [-0.05, 0) is 38.2 Å². The minimum absolute atomic E-state index is 0.0653. The summed E-state index contributed by atoms with van der Waals surface area (Å²) < 4.78 is 1.88. The Labute approximate surface area is 114 Å². The molecule has 1 aromatic rings. The fraction of sp³-hybridized carbons (Fsp3) is 0.714. The molecule has 5 heteroatoms. The molecule has 0 radical (unpaired) electrons. The van der Waals surface area contributed by atoms with Gasteiger partial charge in [-0.25, -0.2) is 0 Å². The first-order valence-corrected chi connectivity index (χ1v) is 7.01. The van der Waals surface area contributed by atoms with Crippen LogP contribution in [0.4, 0.5) is 0 Å². The molecular formula is C14H24N4O. The van der Waals surface area contributed by atoms with Gasteiger partial charge in [0.05, 0.1) is 5.92 Å². The molecule has 5 nitrogen and oxygen atoms in total. The first-order valence-electron chi connectivity index (χ1n) is 7.01. The molecule has 0 saturated carbocycles. The summed E-state index contributed by atoms with van der Waals surface area (Å²) in [7, 11) is 1.94. The van der Waals surface area contributed by atoms with Crippen LogP contribution in [0, 0.1) is 11.8 Å². The molecule has 4 unspecified atom stereocenters. The van der Waals surface area contributed by atoms with Crippen molar-refractivity contribution in [2.45, 2.75) is 45.2 Å². The number of carbonyl (C=O) groups is 1. The van der Waals surface area contributed by atoms with Crippen LogP contribution in [0.5, 0.6) is 0 Å². The monoisotopic (exact) mass is 264 g/mol. The van der Waals surface area contributed by atoms with Crippen molar-refractivity contribution in [3.8, 4) is 0 Å². The molecule has 1 amide bonds. The van der Waals surface area contributed by atoms with E-state index in [1.54, 1.807) is 6.20 Å². The zero-order valence-electron chi connectivity index (χ0n) is 12.0. The topological polar surface area (TPSA) is 72.9 Å². The lowest BCUT2D eigenvalue weighted by molar-refractivity contribution is -0.125. The quantitative estimate of drug-likeness (QED) is 0.846. The number of amides is 1. The fourth-order valence-corrected chi connectivity index (χ4v) is 3.33. The maximum absolute atomic E-state index is 11.7. The van der Waals surface area contributed by atoms with Crippen LogP contribution in [0.15, 0.2) is 12.3 Å². The second-order valence-corrected chi connectivity index (χ2v) is 5.80. The maximum atomic E-state index is 11.7. The Morgan fingerprint density at radius 1 is 1.58 bits per heavy atom. The van der Waals surface area contributed by atoms with E-state index in [9.17, 15) is 4.79 Å². The average molecular weight is 264 g/mol. The number of carbonyl (C=O) groups excluding carboxylic acids is 1. The number of primary amides is 1. The van der Waals surface area contributed by atoms with Gasteiger partial charge in [-0.1, -0.05) is 6.92 Å². The number of rotatable bonds is 4. The van der Waals surface area contributed by atoms with Gasteiger partial charge >= 0.3 is 0 Å². The summed E-state index contributed by atoms with van der Waals surface area (Å²) in [5.74, 6) is 0.108. The third kappa shape index (κ3) is 3.15. The van der Waals surface area contributed by atoms with E-state index >= 15 is 0 Å². The minimum Gasteiger partial charge on any atom is -0.369 e. The molecule has 1 fully saturated rings. The number of aromatic nitrogens is 2. The summed E-state index contributed by atoms with van der Waals surface area (Å²) in [5.41, 5.74) is 6.77. The van der Waals surface area contributed by atoms with E-state index in [1.807, 2.05) is 17.8 Å². The van der Waals surface area contributed by atoms with Gasteiger partial charge in [-0.15, -0.1) is 0 Å². The van der Waals surface area contributed by atoms with E-state index < -0.39 is 0 Å². The smallest absolute Gasteiger partial charge is 0.222 e. The molecule has 19 heavy (non-hydrogen) atoms. The molecule has 106 valence electrons. The molecule has 3 N–H and O–H groups in total. The van der Waals surface area contributed by atoms with Crippen molar-refractivity contribution < 1.29 is 4.79 Å². The molecule has 1 aliphatic rings. The van der Waals surface area contributed by atoms with Gasteiger partial charge in [0.25, 0.3) is 0 Å². The lowest BCUT2D eigenvalue weighted by Crippen LogP contribution is -2.54. The van der Waals surface area contributed by atoms with E-state index in [1.165, 1.54) is 5.69 Å². The van der Waals surface area contributed by atoms with Crippen molar-refractivity contribution in [1.82, 2.24) is 15.1 Å². The SMILES string of the molecule is CC1CC(C)C(C(N)=O)C(CCc2ccnn2C)N1. The standard InChI is InChI=1S/C14H24N4O/c1-9-8-10(2)17-12(13(9)14(15)19)5-4-11-6-7-16-18(11)3/h6-7,9-10,12-13,17H,4-5,8H2,1-3H3,(H2,15,19). The molecule has 4 atom stereocenters. The summed E-state index contributed by atoms with van der Waals surface area (Å²) in [5, 5.41) is 7.70. The van der Waals surface area contributed by atoms with Crippen LogP contribution < -0.4 is 11.1 Å². The summed E-state index contributed by atoms with van der Waals surface area (Å²) in [6, 6.07) is 2.64. The predicted octanol–water partition coefficient (Wildman–Crippen LogP) is 0.841. The highest BCUT2D eigenvalue weighted by Crippen LogP contribution is 2.28. The zero-order valence-corrected chi connectivity index (χ0v) is 12.0. The van der Waals surface area contributed by atoms with Crippen molar-refractivity contribution in [1.29, 1.82) is 0 Å². The molecule has 2 heterocycles. The van der Waals surface area contributed by atoms with Gasteiger partial charge in [-0.3, -0.25) is 9.48 Å². The van der Waals surface area contributed by atoms with Gasteiger partial charge in [0.15, 0.2) is 0 Å². The zero-order chi connectivity index (χ0) is 14.0. The number of nitrogens with one attached hydrogen (secondary N) is 1. The van der Waals surface area contributed by atoms with Crippen molar-refractivity contribution in [2.75, 3.05) is 0 Å². The minimum atomic E-state index is -0.179. The second-order valence-electron chi connectivity index (χ2n) is 5.80. The van der Waals surface area contributed by atoms with Crippen LogP contribution in [0.25, 0.3) is 0 Å². The third-order valence-electron chi connectivity index (χ3n) is 4.23. The lowest BCUT2D eigenvalue weighted by atomic mass is 9.77. The Hall–Kier alpha value is -1.36. The van der Waals surface area contributed by atoms with Gasteiger partial charge in [0.1, 0.15) is 0 Å². The Bertz CT molecular complexity index is 442. The normalized spacial score (nSPS) is 31.3. The Balaban J connectivity index is 2.03. The van der Waals surface area contributed by atoms with Crippen LogP contribution in [0.1, 0.15) is 32.4 Å². The van der Waals surface area contributed by atoms with Crippen LogP contribution >= 0.6 is 0 Å². The first-order chi connectivity index (χ1) is 8.99.